The number of alkyl halides is 3. The number of aromatic nitrogens is 2. The highest BCUT2D eigenvalue weighted by Gasteiger charge is 2.46. The van der Waals surface area contributed by atoms with Crippen LogP contribution in [0.4, 0.5) is 17.6 Å². The molecular formula is C22H23F4N3O3S. The van der Waals surface area contributed by atoms with Crippen LogP contribution in [0.2, 0.25) is 0 Å². The van der Waals surface area contributed by atoms with E-state index in [4.69, 9.17) is 10.5 Å². The third-order valence-corrected chi connectivity index (χ3v) is 8.13. The minimum absolute atomic E-state index is 0.0420. The van der Waals surface area contributed by atoms with E-state index in [9.17, 15) is 22.8 Å². The molecule has 178 valence electrons. The van der Waals surface area contributed by atoms with Gasteiger partial charge in [-0.05, 0) is 49.8 Å². The van der Waals surface area contributed by atoms with Crippen LogP contribution >= 0.6 is 11.3 Å². The smallest absolute Gasteiger partial charge is 0.374 e. The van der Waals surface area contributed by atoms with Crippen molar-refractivity contribution in [3.05, 3.63) is 59.3 Å². The predicted octanol–water partition coefficient (Wildman–Crippen LogP) is 4.04. The van der Waals surface area contributed by atoms with Crippen LogP contribution in [-0.2, 0) is 11.2 Å². The number of aryl methyl sites for hydroxylation is 1. The molecule has 3 N–H and O–H groups in total. The number of fused-ring (bicyclic) bond motifs is 2. The van der Waals surface area contributed by atoms with Crippen molar-refractivity contribution in [2.24, 2.45) is 5.73 Å². The summed E-state index contributed by atoms with van der Waals surface area (Å²) in [5, 5.41) is 0. The molecule has 5 rings (SSSR count). The lowest BCUT2D eigenvalue weighted by molar-refractivity contribution is -0.153. The minimum Gasteiger partial charge on any atom is -0.374 e. The predicted molar refractivity (Wildman–Crippen MR) is 115 cm³/mol. The Hall–Kier alpha value is -2.24. The van der Waals surface area contributed by atoms with Gasteiger partial charge in [-0.3, -0.25) is 14.3 Å². The van der Waals surface area contributed by atoms with E-state index in [1.165, 1.54) is 23.0 Å². The second-order valence-corrected chi connectivity index (χ2v) is 10.1. The van der Waals surface area contributed by atoms with E-state index in [0.717, 1.165) is 23.8 Å². The molecule has 33 heavy (non-hydrogen) atoms. The van der Waals surface area contributed by atoms with E-state index in [1.54, 1.807) is 6.07 Å². The molecule has 6 nitrogen and oxygen atoms in total. The molecule has 0 saturated heterocycles. The summed E-state index contributed by atoms with van der Waals surface area (Å²) in [7, 11) is 1.37. The molecule has 4 atom stereocenters. The Labute approximate surface area is 190 Å². The largest absolute Gasteiger partial charge is 0.404 e. The Morgan fingerprint density at radius 2 is 2.00 bits per heavy atom. The van der Waals surface area contributed by atoms with Crippen molar-refractivity contribution in [2.45, 2.75) is 68.3 Å². The van der Waals surface area contributed by atoms with E-state index in [1.807, 2.05) is 0 Å². The van der Waals surface area contributed by atoms with Gasteiger partial charge in [0.2, 0.25) is 0 Å². The summed E-state index contributed by atoms with van der Waals surface area (Å²) < 4.78 is 62.6. The van der Waals surface area contributed by atoms with Gasteiger partial charge in [-0.2, -0.15) is 13.2 Å². The zero-order valence-electron chi connectivity index (χ0n) is 17.7. The number of rotatable bonds is 4. The number of hydrogen-bond donors (Lipinski definition) is 2. The summed E-state index contributed by atoms with van der Waals surface area (Å²) >= 11 is 1.25. The third kappa shape index (κ3) is 3.70. The maximum absolute atomic E-state index is 15.4. The molecule has 0 spiro atoms. The molecule has 3 aliphatic rings. The van der Waals surface area contributed by atoms with Gasteiger partial charge in [0.1, 0.15) is 18.0 Å². The second kappa shape index (κ2) is 7.92. The number of halogens is 4. The standard InChI is InChI=1S/C22H23F4N3O3S/c1-32-18-16(13(23)7-12-17(18)29(9-5-6-9)21(31)28-20(12)30)15-8-11-10(19(27)22(24,25)26)3-2-4-14(11)33-15/h7-10,16,18-19H,2-6,27H2,1H3,(H,28,30,31). The summed E-state index contributed by atoms with van der Waals surface area (Å²) in [5.41, 5.74) is 5.16. The summed E-state index contributed by atoms with van der Waals surface area (Å²) in [6, 6.07) is -0.484. The van der Waals surface area contributed by atoms with E-state index in [-0.39, 0.29) is 11.6 Å². The van der Waals surface area contributed by atoms with Crippen LogP contribution in [0.5, 0.6) is 0 Å². The van der Waals surface area contributed by atoms with Crippen LogP contribution in [0, 0.1) is 0 Å². The summed E-state index contributed by atoms with van der Waals surface area (Å²) in [5.74, 6) is -2.49. The molecule has 4 unspecified atom stereocenters. The van der Waals surface area contributed by atoms with Crippen molar-refractivity contribution in [3.8, 4) is 0 Å². The lowest BCUT2D eigenvalue weighted by atomic mass is 9.81. The summed E-state index contributed by atoms with van der Waals surface area (Å²) in [6.07, 6.45) is -1.39. The third-order valence-electron chi connectivity index (χ3n) is 6.83. The molecule has 1 saturated carbocycles. The summed E-state index contributed by atoms with van der Waals surface area (Å²) in [4.78, 5) is 28.5. The van der Waals surface area contributed by atoms with Gasteiger partial charge in [-0.1, -0.05) is 0 Å². The van der Waals surface area contributed by atoms with Gasteiger partial charge in [0.15, 0.2) is 0 Å². The SMILES string of the molecule is COC1c2c(c(=O)[nH]c(=O)n2C2CC2)C=C(F)C1c1cc2c(s1)CCCC2C(N)C(F)(F)F. The van der Waals surface area contributed by atoms with Crippen molar-refractivity contribution in [1.82, 2.24) is 9.55 Å². The highest BCUT2D eigenvalue weighted by molar-refractivity contribution is 7.12. The van der Waals surface area contributed by atoms with Gasteiger partial charge >= 0.3 is 11.9 Å². The molecule has 0 bridgehead atoms. The maximum atomic E-state index is 15.4. The zero-order valence-corrected chi connectivity index (χ0v) is 18.6. The number of aromatic amines is 1. The lowest BCUT2D eigenvalue weighted by Gasteiger charge is -2.31. The number of H-pyrrole nitrogens is 1. The minimum atomic E-state index is -4.53. The maximum Gasteiger partial charge on any atom is 0.404 e. The van der Waals surface area contributed by atoms with Crippen molar-refractivity contribution < 1.29 is 22.3 Å². The number of nitrogens with two attached hydrogens (primary N) is 1. The van der Waals surface area contributed by atoms with Gasteiger partial charge in [0, 0.05) is 28.8 Å². The van der Waals surface area contributed by atoms with Crippen LogP contribution in [0.1, 0.15) is 76.2 Å². The Kier molecular flexibility index (Phi) is 5.41. The number of methoxy groups -OCH3 is 1. The molecule has 2 aromatic heterocycles. The molecule has 0 aromatic carbocycles. The van der Waals surface area contributed by atoms with Crippen LogP contribution in [-0.4, -0.2) is 28.9 Å². The Balaban J connectivity index is 1.62. The highest BCUT2D eigenvalue weighted by Crippen LogP contribution is 2.51. The highest BCUT2D eigenvalue weighted by atomic mass is 32.1. The van der Waals surface area contributed by atoms with Crippen molar-refractivity contribution in [1.29, 1.82) is 0 Å². The quantitative estimate of drug-likeness (QED) is 0.640. The molecule has 3 aliphatic carbocycles. The average Bonchev–Trinajstić information content (AvgIpc) is 3.49. The zero-order chi connectivity index (χ0) is 23.7. The van der Waals surface area contributed by atoms with Crippen LogP contribution in [0.25, 0.3) is 6.08 Å². The number of ether oxygens (including phenoxy) is 1. The second-order valence-electron chi connectivity index (χ2n) is 8.92. The van der Waals surface area contributed by atoms with Crippen molar-refractivity contribution in [3.63, 3.8) is 0 Å². The molecule has 2 heterocycles. The van der Waals surface area contributed by atoms with E-state index < -0.39 is 47.2 Å². The molecule has 0 amide bonds. The van der Waals surface area contributed by atoms with Crippen molar-refractivity contribution >= 4 is 17.4 Å². The average molecular weight is 486 g/mol. The normalized spacial score (nSPS) is 25.9. The van der Waals surface area contributed by atoms with Gasteiger partial charge < -0.3 is 10.5 Å². The van der Waals surface area contributed by atoms with Crippen LogP contribution < -0.4 is 17.0 Å². The van der Waals surface area contributed by atoms with E-state index >= 15 is 4.39 Å². The molecule has 0 radical (unpaired) electrons. The Morgan fingerprint density at radius 3 is 2.64 bits per heavy atom. The Morgan fingerprint density at radius 1 is 1.27 bits per heavy atom. The van der Waals surface area contributed by atoms with Gasteiger partial charge in [0.25, 0.3) is 5.56 Å². The van der Waals surface area contributed by atoms with Crippen molar-refractivity contribution in [2.75, 3.05) is 7.11 Å². The molecular weight excluding hydrogens is 462 g/mol. The number of nitrogens with one attached hydrogen (secondary N) is 1. The van der Waals surface area contributed by atoms with E-state index in [0.29, 0.717) is 35.4 Å². The Bertz CT molecular complexity index is 1240. The molecule has 1 fully saturated rings. The first kappa shape index (κ1) is 22.5. The molecule has 0 aliphatic heterocycles. The summed E-state index contributed by atoms with van der Waals surface area (Å²) in [6.45, 7) is 0. The first-order valence-corrected chi connectivity index (χ1v) is 11.7. The fourth-order valence-electron chi connectivity index (χ4n) is 5.13. The first-order chi connectivity index (χ1) is 15.6. The number of thiophene rings is 1. The number of nitrogens with zero attached hydrogens (tertiary/aromatic N) is 1. The molecule has 11 heteroatoms. The fraction of sp³-hybridized carbons (Fsp3) is 0.545. The fourth-order valence-corrected chi connectivity index (χ4v) is 6.54. The van der Waals surface area contributed by atoms with Crippen LogP contribution in [0.3, 0.4) is 0 Å². The molecule has 2 aromatic rings. The number of hydrogen-bond acceptors (Lipinski definition) is 5. The van der Waals surface area contributed by atoms with Gasteiger partial charge in [-0.15, -0.1) is 11.3 Å². The van der Waals surface area contributed by atoms with E-state index in [2.05, 4.69) is 4.98 Å². The monoisotopic (exact) mass is 485 g/mol. The topological polar surface area (TPSA) is 90.1 Å². The van der Waals surface area contributed by atoms with Gasteiger partial charge in [-0.25, -0.2) is 9.18 Å². The van der Waals surface area contributed by atoms with Gasteiger partial charge in [0.05, 0.1) is 17.2 Å². The van der Waals surface area contributed by atoms with Crippen LogP contribution in [0.15, 0.2) is 21.5 Å². The first-order valence-electron chi connectivity index (χ1n) is 10.8. The lowest BCUT2D eigenvalue weighted by Crippen LogP contribution is -2.43.